The first kappa shape index (κ1) is 15.4. The van der Waals surface area contributed by atoms with E-state index in [1.54, 1.807) is 6.92 Å². The number of carbonyl (C=O) groups excluding carboxylic acids is 1. The van der Waals surface area contributed by atoms with Crippen molar-refractivity contribution in [2.75, 3.05) is 39.8 Å². The molecule has 0 amide bonds. The zero-order valence-corrected chi connectivity index (χ0v) is 12.1. The number of methoxy groups -OCH3 is 1. The second-order valence-corrected chi connectivity index (χ2v) is 5.63. The Labute approximate surface area is 110 Å². The van der Waals surface area contributed by atoms with Crippen molar-refractivity contribution in [1.82, 2.24) is 9.80 Å². The zero-order chi connectivity index (χ0) is 13.8. The SMILES string of the molecule is COC(=O)C(C)(N)CCN1CCN(C(C)C)CC1. The number of ether oxygens (including phenoxy) is 1. The minimum atomic E-state index is -0.871. The maximum Gasteiger partial charge on any atom is 0.325 e. The van der Waals surface area contributed by atoms with Crippen LogP contribution in [0.15, 0.2) is 0 Å². The van der Waals surface area contributed by atoms with Gasteiger partial charge >= 0.3 is 5.97 Å². The number of esters is 1. The molecule has 0 aromatic carbocycles. The van der Waals surface area contributed by atoms with Gasteiger partial charge in [0, 0.05) is 38.8 Å². The highest BCUT2D eigenvalue weighted by molar-refractivity contribution is 5.79. The van der Waals surface area contributed by atoms with Crippen LogP contribution in [-0.2, 0) is 9.53 Å². The van der Waals surface area contributed by atoms with Gasteiger partial charge in [-0.15, -0.1) is 0 Å². The summed E-state index contributed by atoms with van der Waals surface area (Å²) in [5.41, 5.74) is 5.08. The summed E-state index contributed by atoms with van der Waals surface area (Å²) in [4.78, 5) is 16.3. The Kier molecular flexibility index (Phi) is 5.56. The predicted molar refractivity (Wildman–Crippen MR) is 72.4 cm³/mol. The zero-order valence-electron chi connectivity index (χ0n) is 12.1. The summed E-state index contributed by atoms with van der Waals surface area (Å²) in [6.45, 7) is 11.3. The first-order valence-corrected chi connectivity index (χ1v) is 6.70. The fourth-order valence-electron chi connectivity index (χ4n) is 2.23. The van der Waals surface area contributed by atoms with E-state index >= 15 is 0 Å². The molecule has 2 N–H and O–H groups in total. The minimum absolute atomic E-state index is 0.330. The van der Waals surface area contributed by atoms with Crippen LogP contribution < -0.4 is 5.73 Å². The molecule has 0 aromatic rings. The third kappa shape index (κ3) is 4.23. The molecule has 1 atom stereocenters. The molecule has 1 saturated heterocycles. The molecule has 106 valence electrons. The highest BCUT2D eigenvalue weighted by atomic mass is 16.5. The molecule has 5 heteroatoms. The molecule has 0 saturated carbocycles. The van der Waals surface area contributed by atoms with E-state index in [4.69, 9.17) is 10.5 Å². The molecule has 1 aliphatic heterocycles. The summed E-state index contributed by atoms with van der Waals surface area (Å²) >= 11 is 0. The summed E-state index contributed by atoms with van der Waals surface area (Å²) in [6, 6.07) is 0.613. The molecule has 1 rings (SSSR count). The van der Waals surface area contributed by atoms with Crippen LogP contribution in [0.2, 0.25) is 0 Å². The van der Waals surface area contributed by atoms with Gasteiger partial charge in [-0.2, -0.15) is 0 Å². The largest absolute Gasteiger partial charge is 0.468 e. The molecule has 1 heterocycles. The van der Waals surface area contributed by atoms with Crippen LogP contribution in [0.4, 0.5) is 0 Å². The smallest absolute Gasteiger partial charge is 0.325 e. The van der Waals surface area contributed by atoms with Crippen LogP contribution in [0, 0.1) is 0 Å². The van der Waals surface area contributed by atoms with Crippen LogP contribution in [0.1, 0.15) is 27.2 Å². The van der Waals surface area contributed by atoms with E-state index in [0.717, 1.165) is 32.7 Å². The number of carbonyl (C=O) groups is 1. The second kappa shape index (κ2) is 6.50. The number of hydrogen-bond donors (Lipinski definition) is 1. The molecule has 0 radical (unpaired) electrons. The molecule has 5 nitrogen and oxygen atoms in total. The standard InChI is InChI=1S/C13H27N3O2/c1-11(2)16-9-7-15(8-10-16)6-5-13(3,14)12(17)18-4/h11H,5-10,14H2,1-4H3. The van der Waals surface area contributed by atoms with E-state index < -0.39 is 5.54 Å². The van der Waals surface area contributed by atoms with Gasteiger partial charge in [-0.25, -0.2) is 0 Å². The van der Waals surface area contributed by atoms with E-state index in [-0.39, 0.29) is 5.97 Å². The maximum atomic E-state index is 11.5. The Hall–Kier alpha value is -0.650. The summed E-state index contributed by atoms with van der Waals surface area (Å²) in [5, 5.41) is 0. The summed E-state index contributed by atoms with van der Waals surface area (Å²) in [6.07, 6.45) is 0.640. The number of piperazine rings is 1. The highest BCUT2D eigenvalue weighted by Crippen LogP contribution is 2.11. The first-order valence-electron chi connectivity index (χ1n) is 6.70. The fraction of sp³-hybridized carbons (Fsp3) is 0.923. The third-order valence-electron chi connectivity index (χ3n) is 3.74. The van der Waals surface area contributed by atoms with Gasteiger partial charge in [0.1, 0.15) is 5.54 Å². The van der Waals surface area contributed by atoms with Gasteiger partial charge in [-0.05, 0) is 27.2 Å². The van der Waals surface area contributed by atoms with Crippen LogP contribution >= 0.6 is 0 Å². The van der Waals surface area contributed by atoms with E-state index in [1.165, 1.54) is 7.11 Å². The van der Waals surface area contributed by atoms with Crippen molar-refractivity contribution in [3.8, 4) is 0 Å². The lowest BCUT2D eigenvalue weighted by molar-refractivity contribution is -0.146. The van der Waals surface area contributed by atoms with Gasteiger partial charge in [0.05, 0.1) is 7.11 Å². The lowest BCUT2D eigenvalue weighted by Gasteiger charge is -2.37. The van der Waals surface area contributed by atoms with Crippen molar-refractivity contribution < 1.29 is 9.53 Å². The molecule has 0 aliphatic carbocycles. The van der Waals surface area contributed by atoms with Gasteiger partial charge in [0.25, 0.3) is 0 Å². The molecular formula is C13H27N3O2. The van der Waals surface area contributed by atoms with Crippen molar-refractivity contribution in [2.24, 2.45) is 5.73 Å². The van der Waals surface area contributed by atoms with E-state index in [9.17, 15) is 4.79 Å². The molecule has 18 heavy (non-hydrogen) atoms. The third-order valence-corrected chi connectivity index (χ3v) is 3.74. The average Bonchev–Trinajstić information content (AvgIpc) is 2.35. The number of nitrogens with zero attached hydrogens (tertiary/aromatic N) is 2. The average molecular weight is 257 g/mol. The van der Waals surface area contributed by atoms with Crippen molar-refractivity contribution in [3.63, 3.8) is 0 Å². The van der Waals surface area contributed by atoms with E-state index in [2.05, 4.69) is 23.6 Å². The Morgan fingerprint density at radius 3 is 2.33 bits per heavy atom. The Morgan fingerprint density at radius 2 is 1.89 bits per heavy atom. The van der Waals surface area contributed by atoms with Crippen molar-refractivity contribution in [1.29, 1.82) is 0 Å². The molecular weight excluding hydrogens is 230 g/mol. The number of hydrogen-bond acceptors (Lipinski definition) is 5. The summed E-state index contributed by atoms with van der Waals surface area (Å²) in [7, 11) is 1.38. The molecule has 1 aliphatic rings. The minimum Gasteiger partial charge on any atom is -0.468 e. The topological polar surface area (TPSA) is 58.8 Å². The van der Waals surface area contributed by atoms with Gasteiger partial charge in [0.2, 0.25) is 0 Å². The second-order valence-electron chi connectivity index (χ2n) is 5.63. The Bertz CT molecular complexity index is 271. The molecule has 1 unspecified atom stereocenters. The molecule has 0 bridgehead atoms. The lowest BCUT2D eigenvalue weighted by Crippen LogP contribution is -2.52. The predicted octanol–water partition coefficient (Wildman–Crippen LogP) is 0.293. The van der Waals surface area contributed by atoms with Crippen LogP contribution in [0.25, 0.3) is 0 Å². The maximum absolute atomic E-state index is 11.5. The van der Waals surface area contributed by atoms with E-state index in [1.807, 2.05) is 0 Å². The number of rotatable bonds is 5. The lowest BCUT2D eigenvalue weighted by atomic mass is 9.99. The Balaban J connectivity index is 2.32. The normalized spacial score (nSPS) is 21.9. The molecule has 1 fully saturated rings. The summed E-state index contributed by atoms with van der Waals surface area (Å²) < 4.78 is 4.71. The van der Waals surface area contributed by atoms with Crippen molar-refractivity contribution >= 4 is 5.97 Å². The quantitative estimate of drug-likeness (QED) is 0.718. The molecule has 0 aromatic heterocycles. The van der Waals surface area contributed by atoms with E-state index in [0.29, 0.717) is 12.5 Å². The van der Waals surface area contributed by atoms with Crippen LogP contribution in [-0.4, -0.2) is 67.2 Å². The number of nitrogens with two attached hydrogens (primary N) is 1. The fourth-order valence-corrected chi connectivity index (χ4v) is 2.23. The highest BCUT2D eigenvalue weighted by Gasteiger charge is 2.30. The van der Waals surface area contributed by atoms with Gasteiger partial charge < -0.3 is 15.4 Å². The van der Waals surface area contributed by atoms with Gasteiger partial charge in [0.15, 0.2) is 0 Å². The van der Waals surface area contributed by atoms with Crippen LogP contribution in [0.3, 0.4) is 0 Å². The first-order chi connectivity index (χ1) is 8.36. The van der Waals surface area contributed by atoms with Gasteiger partial charge in [-0.3, -0.25) is 9.69 Å². The monoisotopic (exact) mass is 257 g/mol. The van der Waals surface area contributed by atoms with Crippen molar-refractivity contribution in [2.45, 2.75) is 38.8 Å². The summed E-state index contributed by atoms with van der Waals surface area (Å²) in [5.74, 6) is -0.330. The van der Waals surface area contributed by atoms with Crippen LogP contribution in [0.5, 0.6) is 0 Å². The van der Waals surface area contributed by atoms with Crippen molar-refractivity contribution in [3.05, 3.63) is 0 Å². The Morgan fingerprint density at radius 1 is 1.33 bits per heavy atom. The molecule has 0 spiro atoms. The van der Waals surface area contributed by atoms with Gasteiger partial charge in [-0.1, -0.05) is 0 Å².